The predicted molar refractivity (Wildman–Crippen MR) is 358 cm³/mol. The Morgan fingerprint density at radius 3 is 1.35 bits per heavy atom. The molecule has 412 valence electrons. The third-order valence-corrected chi connectivity index (χ3v) is 17.7. The second-order valence-corrected chi connectivity index (χ2v) is 28.4. The second kappa shape index (κ2) is 19.9. The maximum absolute atomic E-state index is 2.60. The minimum absolute atomic E-state index is 0.0123. The van der Waals surface area contributed by atoms with Gasteiger partial charge in [-0.25, -0.2) is 0 Å². The predicted octanol–water partition coefficient (Wildman–Crippen LogP) is 23.6. The molecule has 1 aromatic heterocycles. The minimum Gasteiger partial charge on any atom is -0.309 e. The number of benzene rings is 11. The zero-order valence-electron chi connectivity index (χ0n) is 51.5. The van der Waals surface area contributed by atoms with Crippen LogP contribution in [-0.4, -0.2) is 4.57 Å². The van der Waals surface area contributed by atoms with Crippen LogP contribution in [0.25, 0.3) is 93.2 Å². The molecule has 2 nitrogen and oxygen atoms in total. The monoisotopic (exact) mass is 1070 g/mol. The summed E-state index contributed by atoms with van der Waals surface area (Å²) in [5.74, 6) is 0.625. The second-order valence-electron chi connectivity index (χ2n) is 28.4. The van der Waals surface area contributed by atoms with Gasteiger partial charge in [-0.2, -0.15) is 0 Å². The lowest BCUT2D eigenvalue weighted by Crippen LogP contribution is -2.13. The summed E-state index contributed by atoms with van der Waals surface area (Å²) in [6.45, 7) is 37.0. The van der Waals surface area contributed by atoms with Crippen LogP contribution in [0.5, 0.6) is 0 Å². The van der Waals surface area contributed by atoms with Crippen molar-refractivity contribution in [2.75, 3.05) is 4.90 Å². The first kappa shape index (κ1) is 54.6. The highest BCUT2D eigenvalue weighted by Gasteiger charge is 2.27. The number of hydrogen-bond acceptors (Lipinski definition) is 1. The van der Waals surface area contributed by atoms with Crippen LogP contribution in [0.4, 0.5) is 17.1 Å². The Morgan fingerprint density at radius 2 is 0.805 bits per heavy atom. The van der Waals surface area contributed by atoms with Crippen LogP contribution in [0.2, 0.25) is 0 Å². The molecule has 11 aromatic carbocycles. The maximum atomic E-state index is 2.60. The van der Waals surface area contributed by atoms with E-state index in [0.717, 1.165) is 17.1 Å². The summed E-state index contributed by atoms with van der Waals surface area (Å²) >= 11 is 0. The third-order valence-electron chi connectivity index (χ3n) is 17.7. The Kier molecular flexibility index (Phi) is 13.3. The molecule has 0 unspecified atom stereocenters. The molecule has 0 aliphatic carbocycles. The Morgan fingerprint density at radius 1 is 0.329 bits per heavy atom. The lowest BCUT2D eigenvalue weighted by atomic mass is 9.85. The van der Waals surface area contributed by atoms with Gasteiger partial charge in [0.1, 0.15) is 0 Å². The fourth-order valence-electron chi connectivity index (χ4n) is 12.6. The number of hydrogen-bond donors (Lipinski definition) is 0. The van der Waals surface area contributed by atoms with Crippen molar-refractivity contribution in [1.82, 2.24) is 4.57 Å². The van der Waals surface area contributed by atoms with Crippen molar-refractivity contribution < 1.29 is 0 Å². The Hall–Kier alpha value is -7.94. The molecule has 1 heterocycles. The average Bonchev–Trinajstić information content (AvgIpc) is 1.83. The van der Waals surface area contributed by atoms with Crippen LogP contribution in [0.1, 0.15) is 156 Å². The molecule has 0 spiro atoms. The molecule has 0 aliphatic heterocycles. The van der Waals surface area contributed by atoms with Crippen molar-refractivity contribution in [2.45, 2.75) is 144 Å². The zero-order chi connectivity index (χ0) is 57.9. The van der Waals surface area contributed by atoms with Gasteiger partial charge in [0.25, 0.3) is 0 Å². The van der Waals surface area contributed by atoms with Crippen molar-refractivity contribution in [3.05, 3.63) is 228 Å². The van der Waals surface area contributed by atoms with E-state index in [1.54, 1.807) is 0 Å². The van der Waals surface area contributed by atoms with E-state index in [-0.39, 0.29) is 21.7 Å². The number of rotatable bonds is 9. The Labute approximate surface area is 488 Å². The van der Waals surface area contributed by atoms with Crippen LogP contribution in [0.3, 0.4) is 0 Å². The fourth-order valence-corrected chi connectivity index (χ4v) is 12.6. The average molecular weight is 1070 g/mol. The summed E-state index contributed by atoms with van der Waals surface area (Å²) < 4.78 is 2.55. The molecule has 0 bridgehead atoms. The van der Waals surface area contributed by atoms with Crippen LogP contribution < -0.4 is 4.90 Å². The normalized spacial score (nSPS) is 12.9. The Bertz CT molecular complexity index is 4320. The summed E-state index contributed by atoms with van der Waals surface area (Å²) in [6.07, 6.45) is 0. The smallest absolute Gasteiger partial charge is 0.0541 e. The van der Waals surface area contributed by atoms with E-state index < -0.39 is 0 Å². The summed E-state index contributed by atoms with van der Waals surface area (Å²) in [5.41, 5.74) is 22.5. The van der Waals surface area contributed by atoms with Gasteiger partial charge < -0.3 is 9.47 Å². The molecule has 0 N–H and O–H groups in total. The van der Waals surface area contributed by atoms with Crippen molar-refractivity contribution in [3.8, 4) is 39.1 Å². The maximum Gasteiger partial charge on any atom is 0.0541 e. The van der Waals surface area contributed by atoms with E-state index in [0.29, 0.717) is 11.8 Å². The number of nitrogens with zero attached hydrogens (tertiary/aromatic N) is 2. The highest BCUT2D eigenvalue weighted by Crippen LogP contribution is 2.50. The van der Waals surface area contributed by atoms with E-state index in [1.165, 1.54) is 127 Å². The van der Waals surface area contributed by atoms with Crippen LogP contribution in [0.15, 0.2) is 194 Å². The van der Waals surface area contributed by atoms with E-state index in [4.69, 9.17) is 0 Å². The summed E-state index contributed by atoms with van der Waals surface area (Å²) in [7, 11) is 0. The molecule has 2 heteroatoms. The van der Waals surface area contributed by atoms with Gasteiger partial charge in [-0.1, -0.05) is 238 Å². The number of anilines is 3. The molecule has 12 rings (SSSR count). The van der Waals surface area contributed by atoms with Gasteiger partial charge >= 0.3 is 0 Å². The topological polar surface area (TPSA) is 8.17 Å². The van der Waals surface area contributed by atoms with E-state index >= 15 is 0 Å². The van der Waals surface area contributed by atoms with E-state index in [9.17, 15) is 0 Å². The van der Waals surface area contributed by atoms with Crippen LogP contribution >= 0.6 is 0 Å². The zero-order valence-corrected chi connectivity index (χ0v) is 51.5. The highest BCUT2D eigenvalue weighted by molar-refractivity contribution is 6.27. The van der Waals surface area contributed by atoms with Gasteiger partial charge in [0.05, 0.1) is 28.1 Å². The van der Waals surface area contributed by atoms with Crippen molar-refractivity contribution >= 4 is 71.2 Å². The lowest BCUT2D eigenvalue weighted by Gasteiger charge is -2.31. The third kappa shape index (κ3) is 9.76. The van der Waals surface area contributed by atoms with Gasteiger partial charge in [-0.15, -0.1) is 0 Å². The highest BCUT2D eigenvalue weighted by atomic mass is 15.1. The molecule has 0 saturated heterocycles. The van der Waals surface area contributed by atoms with Gasteiger partial charge in [0.2, 0.25) is 0 Å². The van der Waals surface area contributed by atoms with Gasteiger partial charge in [0.15, 0.2) is 0 Å². The standard InChI is InChI=1S/C80H82N2/c1-49(2)55-28-39-72(67(46-55)57-19-17-18-56(42-57)51-20-29-60(30-21-51)77(5,6)7)81(64-44-58(50(3)4)43-59(45-64)52-22-31-61(32-23-52)78(8,9)10)70-37-26-53-25-36-66-71(38-27-54-24-35-65(70)75(53)76(54)66)82-73-40-33-62(79(11,12)13)47-68(73)69-48-63(80(14,15)16)34-41-74(69)82/h17-50H,1-16H3. The van der Waals surface area contributed by atoms with E-state index in [2.05, 4.69) is 314 Å². The molecular formula is C80H82N2. The molecule has 82 heavy (non-hydrogen) atoms. The SMILES string of the molecule is CC(C)c1cc(-c2ccc(C(C)(C)C)cc2)cc(N(c2ccc(C(C)C)cc2-c2cccc(-c3ccc(C(C)(C)C)cc3)c2)c2ccc3ccc4c(-n5c6ccc(C(C)(C)C)cc6c6cc(C(C)(C)C)ccc65)ccc5ccc2c3c54)c1. The minimum atomic E-state index is 0.0123. The first-order valence-electron chi connectivity index (χ1n) is 30.0. The van der Waals surface area contributed by atoms with Gasteiger partial charge in [-0.05, 0) is 183 Å². The molecule has 0 saturated carbocycles. The quantitative estimate of drug-likeness (QED) is 0.131. The Balaban J connectivity index is 1.13. The molecule has 0 radical (unpaired) electrons. The van der Waals surface area contributed by atoms with Gasteiger partial charge in [-0.3, -0.25) is 0 Å². The molecule has 0 fully saturated rings. The van der Waals surface area contributed by atoms with E-state index in [1.807, 2.05) is 0 Å². The molecule has 0 atom stereocenters. The fraction of sp³-hybridized carbons (Fsp3) is 0.275. The summed E-state index contributed by atoms with van der Waals surface area (Å²) in [6, 6.07) is 75.7. The summed E-state index contributed by atoms with van der Waals surface area (Å²) in [4.78, 5) is 2.60. The molecule has 12 aromatic rings. The molecular weight excluding hydrogens is 989 g/mol. The summed E-state index contributed by atoms with van der Waals surface area (Å²) in [5, 5.41) is 10.1. The number of aromatic nitrogens is 1. The van der Waals surface area contributed by atoms with Crippen LogP contribution in [0, 0.1) is 0 Å². The molecule has 0 amide bonds. The lowest BCUT2D eigenvalue weighted by molar-refractivity contribution is 0.590. The van der Waals surface area contributed by atoms with Crippen molar-refractivity contribution in [1.29, 1.82) is 0 Å². The largest absolute Gasteiger partial charge is 0.309 e. The van der Waals surface area contributed by atoms with Gasteiger partial charge in [0, 0.05) is 32.8 Å². The van der Waals surface area contributed by atoms with Crippen molar-refractivity contribution in [3.63, 3.8) is 0 Å². The van der Waals surface area contributed by atoms with Crippen molar-refractivity contribution in [2.24, 2.45) is 0 Å². The van der Waals surface area contributed by atoms with Crippen LogP contribution in [-0.2, 0) is 21.7 Å². The molecule has 0 aliphatic rings. The first-order valence-corrected chi connectivity index (χ1v) is 30.0. The number of fused-ring (bicyclic) bond motifs is 3. The first-order chi connectivity index (χ1) is 38.8.